The maximum atomic E-state index is 9.75. The van der Waals surface area contributed by atoms with Gasteiger partial charge in [0.1, 0.15) is 5.75 Å². The molecule has 0 heterocycles. The Hall–Kier alpha value is -3.59. The molecule has 3 aliphatic carbocycles. The molecule has 0 radical (unpaired) electrons. The van der Waals surface area contributed by atoms with E-state index in [9.17, 15) is 34.5 Å². The number of methoxy groups -OCH3 is 1. The molecule has 6 aromatic rings. The average molecular weight is 1180 g/mol. The Kier molecular flexibility index (Phi) is 22.3. The molecular formula is C54H58B2F8OP3Pt-. The Bertz CT molecular complexity index is 2250. The summed E-state index contributed by atoms with van der Waals surface area (Å²) < 4.78 is 83.4. The van der Waals surface area contributed by atoms with Crippen LogP contribution in [0.3, 0.4) is 0 Å². The van der Waals surface area contributed by atoms with Crippen LogP contribution in [-0.2, 0) is 27.5 Å². The Morgan fingerprint density at radius 2 is 0.986 bits per heavy atom. The quantitative estimate of drug-likeness (QED) is 0.0514. The molecule has 0 N–H and O–H groups in total. The van der Waals surface area contributed by atoms with Gasteiger partial charge in [-0.1, -0.05) is 191 Å². The molecule has 69 heavy (non-hydrogen) atoms. The fourth-order valence-corrected chi connectivity index (χ4v) is 18.4. The second kappa shape index (κ2) is 27.3. The van der Waals surface area contributed by atoms with Crippen molar-refractivity contribution < 1.29 is 60.3 Å². The number of halogens is 8. The molecule has 368 valence electrons. The van der Waals surface area contributed by atoms with Crippen molar-refractivity contribution in [3.05, 3.63) is 193 Å². The summed E-state index contributed by atoms with van der Waals surface area (Å²) >= 11 is 0. The first-order valence-corrected chi connectivity index (χ1v) is 27.9. The van der Waals surface area contributed by atoms with E-state index in [1.54, 1.807) is 18.0 Å². The molecule has 9 rings (SSSR count). The average Bonchev–Trinajstić information content (AvgIpc) is 3.34. The van der Waals surface area contributed by atoms with Crippen LogP contribution in [-0.4, -0.2) is 46.3 Å². The van der Waals surface area contributed by atoms with Crippen LogP contribution in [0.15, 0.2) is 176 Å². The minimum atomic E-state index is -6.00. The monoisotopic (exact) mass is 1180 g/mol. The van der Waals surface area contributed by atoms with E-state index in [4.69, 9.17) is 4.74 Å². The van der Waals surface area contributed by atoms with Crippen LogP contribution in [0.2, 0.25) is 0 Å². The number of fused-ring (bicyclic) bond motifs is 5. The second-order valence-electron chi connectivity index (χ2n) is 17.2. The van der Waals surface area contributed by atoms with Gasteiger partial charge in [-0.3, -0.25) is 0 Å². The van der Waals surface area contributed by atoms with Crippen LogP contribution in [0.1, 0.15) is 50.2 Å². The van der Waals surface area contributed by atoms with E-state index < -0.39 is 14.5 Å². The zero-order valence-electron chi connectivity index (χ0n) is 38.8. The van der Waals surface area contributed by atoms with Crippen molar-refractivity contribution in [2.24, 2.45) is 17.3 Å². The number of hydrogen-bond donors (Lipinski definition) is 0. The summed E-state index contributed by atoms with van der Waals surface area (Å²) in [6, 6.07) is 62.7. The molecule has 6 aromatic carbocycles. The van der Waals surface area contributed by atoms with E-state index in [0.29, 0.717) is 5.41 Å². The summed E-state index contributed by atoms with van der Waals surface area (Å²) in [7, 11) is -11.2. The largest absolute Gasteiger partial charge is 2.00 e. The maximum absolute atomic E-state index is 9.75. The summed E-state index contributed by atoms with van der Waals surface area (Å²) in [6.45, 7) is 2.57. The van der Waals surface area contributed by atoms with Crippen molar-refractivity contribution in [3.8, 4) is 5.75 Å². The van der Waals surface area contributed by atoms with E-state index >= 15 is 0 Å². The van der Waals surface area contributed by atoms with E-state index in [1.165, 1.54) is 95.5 Å². The third kappa shape index (κ3) is 17.6. The SMILES string of the molecule is COc1ccc2c(c1)CC[C@H]1C2=CC[C@H]2C[CH-]CC[C@@]21C.F[B-](F)(F)F.F[B-](F)(F)F.[Pt+2].c1ccc(P(CCP(c2ccccc2)c2ccccc2)CCP(c2ccccc2)c2ccccc2)cc1. The zero-order chi connectivity index (χ0) is 48.6. The normalized spacial score (nSPS) is 18.2. The predicted molar refractivity (Wildman–Crippen MR) is 278 cm³/mol. The Morgan fingerprint density at radius 3 is 1.39 bits per heavy atom. The van der Waals surface area contributed by atoms with Crippen LogP contribution in [0.5, 0.6) is 5.75 Å². The van der Waals surface area contributed by atoms with Gasteiger partial charge < -0.3 is 45.7 Å². The third-order valence-electron chi connectivity index (χ3n) is 13.0. The number of benzene rings is 6. The summed E-state index contributed by atoms with van der Waals surface area (Å²) in [5.41, 5.74) is 5.15. The van der Waals surface area contributed by atoms with Gasteiger partial charge in [0.2, 0.25) is 0 Å². The van der Waals surface area contributed by atoms with Gasteiger partial charge in [-0.15, -0.1) is 0 Å². The first-order chi connectivity index (χ1) is 32.6. The standard InChI is InChI=1S/C34H33P3.C20H25O.2BF4.Pt/c1-6-16-30(17-7-1)35(26-28-36(31-18-8-2-9-19-31)32-20-10-3-11-21-32)27-29-37(33-22-12-4-13-23-33)34-24-14-5-15-25-34;1-20-12-4-3-5-15(20)7-9-18-17-10-8-16(21-2)13-14(17)6-11-19(18)20;2*2-1(3,4)5;/h1-25H,26-29H2;3,8-10,13,15,19H,4-7,11-12H2,1-2H3;;;/q;3*-1;+2/t;15-,19+,20+;;;/m.1.../s1. The van der Waals surface area contributed by atoms with Crippen molar-refractivity contribution in [1.82, 2.24) is 0 Å². The Morgan fingerprint density at radius 1 is 0.580 bits per heavy atom. The van der Waals surface area contributed by atoms with E-state index in [2.05, 4.69) is 189 Å². The minimum Gasteiger partial charge on any atom is -0.497 e. The number of ether oxygens (including phenoxy) is 1. The smallest absolute Gasteiger partial charge is 0.497 e. The van der Waals surface area contributed by atoms with Crippen molar-refractivity contribution >= 4 is 70.4 Å². The third-order valence-corrected chi connectivity index (χ3v) is 21.3. The predicted octanol–water partition coefficient (Wildman–Crippen LogP) is 14.7. The second-order valence-corrected chi connectivity index (χ2v) is 24.4. The summed E-state index contributed by atoms with van der Waals surface area (Å²) in [6.07, 6.45) is 17.9. The first kappa shape index (κ1) is 56.3. The van der Waals surface area contributed by atoms with Gasteiger partial charge in [0, 0.05) is 0 Å². The molecule has 0 aliphatic heterocycles. The topological polar surface area (TPSA) is 9.23 Å². The van der Waals surface area contributed by atoms with E-state index in [-0.39, 0.29) is 44.8 Å². The number of aryl methyl sites for hydroxylation is 1. The Balaban J connectivity index is 0.000000232. The fraction of sp³-hybridized carbons (Fsp3) is 0.278. The molecule has 15 heteroatoms. The molecule has 1 nitrogen and oxygen atoms in total. The molecule has 0 aromatic heterocycles. The summed E-state index contributed by atoms with van der Waals surface area (Å²) in [5.74, 6) is 2.64. The molecule has 0 bridgehead atoms. The fourth-order valence-electron chi connectivity index (χ4n) is 9.76. The number of hydrogen-bond acceptors (Lipinski definition) is 1. The van der Waals surface area contributed by atoms with E-state index in [0.717, 1.165) is 17.6 Å². The maximum Gasteiger partial charge on any atom is 2.00 e. The van der Waals surface area contributed by atoms with Gasteiger partial charge in [0.05, 0.1) is 7.11 Å². The minimum absolute atomic E-state index is 0. The molecule has 0 spiro atoms. The van der Waals surface area contributed by atoms with Gasteiger partial charge in [-0.25, -0.2) is 0 Å². The van der Waals surface area contributed by atoms with Crippen LogP contribution < -0.4 is 31.3 Å². The van der Waals surface area contributed by atoms with Gasteiger partial charge in [0.25, 0.3) is 0 Å². The molecule has 1 fully saturated rings. The van der Waals surface area contributed by atoms with Crippen molar-refractivity contribution in [2.75, 3.05) is 31.8 Å². The van der Waals surface area contributed by atoms with Gasteiger partial charge in [-0.2, -0.15) is 12.8 Å². The van der Waals surface area contributed by atoms with E-state index in [1.807, 2.05) is 0 Å². The summed E-state index contributed by atoms with van der Waals surface area (Å²) in [4.78, 5) is 0. The van der Waals surface area contributed by atoms with Crippen LogP contribution >= 0.6 is 23.8 Å². The van der Waals surface area contributed by atoms with Crippen molar-refractivity contribution in [1.29, 1.82) is 0 Å². The number of allylic oxidation sites excluding steroid dienone is 2. The van der Waals surface area contributed by atoms with Crippen LogP contribution in [0.25, 0.3) is 5.57 Å². The summed E-state index contributed by atoms with van der Waals surface area (Å²) in [5, 5.41) is 7.50. The van der Waals surface area contributed by atoms with Gasteiger partial charge in [0.15, 0.2) is 0 Å². The Labute approximate surface area is 422 Å². The molecular weight excluding hydrogens is 1130 g/mol. The molecule has 0 unspecified atom stereocenters. The van der Waals surface area contributed by atoms with Gasteiger partial charge >= 0.3 is 35.6 Å². The number of rotatable bonds is 12. The van der Waals surface area contributed by atoms with Crippen LogP contribution in [0, 0.1) is 23.7 Å². The molecule has 0 amide bonds. The molecule has 3 atom stereocenters. The molecule has 3 aliphatic rings. The zero-order valence-corrected chi connectivity index (χ0v) is 43.7. The van der Waals surface area contributed by atoms with Crippen molar-refractivity contribution in [2.45, 2.75) is 45.4 Å². The van der Waals surface area contributed by atoms with Crippen LogP contribution in [0.4, 0.5) is 34.5 Å². The molecule has 1 saturated carbocycles. The van der Waals surface area contributed by atoms with Gasteiger partial charge in [-0.05, 0) is 126 Å². The van der Waals surface area contributed by atoms with Crippen molar-refractivity contribution in [3.63, 3.8) is 0 Å². The molecule has 0 saturated heterocycles. The first-order valence-electron chi connectivity index (χ1n) is 23.1.